The van der Waals surface area contributed by atoms with E-state index in [4.69, 9.17) is 18.9 Å². The van der Waals surface area contributed by atoms with Gasteiger partial charge in [0.25, 0.3) is 11.2 Å². The first-order valence-corrected chi connectivity index (χ1v) is 13.3. The molecular weight excluding hydrogens is 456 g/mol. The van der Waals surface area contributed by atoms with Gasteiger partial charge < -0.3 is 18.9 Å². The maximum Gasteiger partial charge on any atom is 0.355 e. The maximum atomic E-state index is 13.9. The SMILES string of the molecule is CCCCCOC(=O)C(CC)(Oc1ccccc1)C(CC)(Oc1ccccc1)C(=O)OCCCCC. The third-order valence-electron chi connectivity index (χ3n) is 6.34. The number of hydrogen-bond donors (Lipinski definition) is 0. The second-order valence-corrected chi connectivity index (χ2v) is 8.88. The Morgan fingerprint density at radius 3 is 1.25 bits per heavy atom. The van der Waals surface area contributed by atoms with Crippen molar-refractivity contribution in [3.63, 3.8) is 0 Å². The number of carbonyl (C=O) groups is 2. The van der Waals surface area contributed by atoms with Crippen LogP contribution >= 0.6 is 0 Å². The summed E-state index contributed by atoms with van der Waals surface area (Å²) in [5.74, 6) is -0.377. The molecule has 6 nitrogen and oxygen atoms in total. The van der Waals surface area contributed by atoms with E-state index in [1.807, 2.05) is 36.4 Å². The van der Waals surface area contributed by atoms with Gasteiger partial charge in [-0.05, 0) is 37.1 Å². The molecule has 0 fully saturated rings. The Labute approximate surface area is 216 Å². The zero-order chi connectivity index (χ0) is 26.3. The van der Waals surface area contributed by atoms with E-state index in [0.717, 1.165) is 38.5 Å². The number of rotatable bonds is 17. The van der Waals surface area contributed by atoms with Gasteiger partial charge in [0.1, 0.15) is 11.5 Å². The van der Waals surface area contributed by atoms with Crippen LogP contribution in [0.5, 0.6) is 11.5 Å². The lowest BCUT2D eigenvalue weighted by molar-refractivity contribution is -0.204. The van der Waals surface area contributed by atoms with E-state index in [1.165, 1.54) is 0 Å². The molecule has 0 bridgehead atoms. The van der Waals surface area contributed by atoms with E-state index in [2.05, 4.69) is 13.8 Å². The average Bonchev–Trinajstić information content (AvgIpc) is 2.92. The molecule has 2 aromatic carbocycles. The second kappa shape index (κ2) is 15.2. The van der Waals surface area contributed by atoms with Gasteiger partial charge in [-0.3, -0.25) is 0 Å². The normalized spacial score (nSPS) is 14.2. The first-order valence-electron chi connectivity index (χ1n) is 13.3. The molecule has 0 heterocycles. The summed E-state index contributed by atoms with van der Waals surface area (Å²) in [6, 6.07) is 18.0. The van der Waals surface area contributed by atoms with Crippen LogP contribution in [0.3, 0.4) is 0 Å². The van der Waals surface area contributed by atoms with E-state index in [0.29, 0.717) is 11.5 Å². The number of benzene rings is 2. The fraction of sp³-hybridized carbons (Fsp3) is 0.533. The largest absolute Gasteiger partial charge is 0.471 e. The predicted octanol–water partition coefficient (Wildman–Crippen LogP) is 6.91. The summed E-state index contributed by atoms with van der Waals surface area (Å²) in [7, 11) is 0. The van der Waals surface area contributed by atoms with Gasteiger partial charge in [0.2, 0.25) is 0 Å². The zero-order valence-electron chi connectivity index (χ0n) is 22.3. The highest BCUT2D eigenvalue weighted by molar-refractivity contribution is 5.93. The van der Waals surface area contributed by atoms with Crippen LogP contribution in [-0.2, 0) is 19.1 Å². The fourth-order valence-electron chi connectivity index (χ4n) is 4.23. The fourth-order valence-corrected chi connectivity index (χ4v) is 4.23. The number of ether oxygens (including phenoxy) is 4. The van der Waals surface area contributed by atoms with Crippen LogP contribution in [0.25, 0.3) is 0 Å². The lowest BCUT2D eigenvalue weighted by atomic mass is 9.77. The lowest BCUT2D eigenvalue weighted by Crippen LogP contribution is -2.70. The monoisotopic (exact) mass is 498 g/mol. The van der Waals surface area contributed by atoms with Crippen LogP contribution in [0.1, 0.15) is 79.1 Å². The molecule has 2 aromatic rings. The quantitative estimate of drug-likeness (QED) is 0.174. The minimum Gasteiger partial charge on any atom is -0.471 e. The summed E-state index contributed by atoms with van der Waals surface area (Å²) in [5, 5.41) is 0. The highest BCUT2D eigenvalue weighted by Crippen LogP contribution is 2.40. The summed E-state index contributed by atoms with van der Waals surface area (Å²) < 4.78 is 24.4. The van der Waals surface area contributed by atoms with Gasteiger partial charge in [0.15, 0.2) is 0 Å². The summed E-state index contributed by atoms with van der Waals surface area (Å²) in [5.41, 5.74) is -3.54. The molecule has 0 spiro atoms. The van der Waals surface area contributed by atoms with E-state index in [9.17, 15) is 9.59 Å². The number of carbonyl (C=O) groups excluding carboxylic acids is 2. The van der Waals surface area contributed by atoms with Crippen LogP contribution < -0.4 is 9.47 Å². The first kappa shape index (κ1) is 29.2. The molecule has 0 radical (unpaired) electrons. The molecule has 2 atom stereocenters. The van der Waals surface area contributed by atoms with Crippen molar-refractivity contribution in [2.75, 3.05) is 13.2 Å². The van der Waals surface area contributed by atoms with Crippen molar-refractivity contribution in [2.45, 2.75) is 90.3 Å². The van der Waals surface area contributed by atoms with Gasteiger partial charge in [0, 0.05) is 12.8 Å². The van der Waals surface area contributed by atoms with Gasteiger partial charge in [-0.2, -0.15) is 0 Å². The molecule has 198 valence electrons. The molecule has 0 aliphatic rings. The Morgan fingerprint density at radius 1 is 0.583 bits per heavy atom. The Kier molecular flexibility index (Phi) is 12.3. The van der Waals surface area contributed by atoms with Gasteiger partial charge in [-0.25, -0.2) is 9.59 Å². The van der Waals surface area contributed by atoms with Crippen molar-refractivity contribution < 1.29 is 28.5 Å². The van der Waals surface area contributed by atoms with Crippen LogP contribution in [0.4, 0.5) is 0 Å². The molecule has 2 unspecified atom stereocenters. The van der Waals surface area contributed by atoms with Crippen molar-refractivity contribution in [2.24, 2.45) is 0 Å². The topological polar surface area (TPSA) is 71.1 Å². The second-order valence-electron chi connectivity index (χ2n) is 8.88. The van der Waals surface area contributed by atoms with E-state index in [1.54, 1.807) is 38.1 Å². The molecule has 2 rings (SSSR count). The Morgan fingerprint density at radius 2 is 0.944 bits per heavy atom. The predicted molar refractivity (Wildman–Crippen MR) is 141 cm³/mol. The Hall–Kier alpha value is -3.02. The van der Waals surface area contributed by atoms with E-state index < -0.39 is 23.1 Å². The number of hydrogen-bond acceptors (Lipinski definition) is 6. The molecule has 0 aliphatic heterocycles. The molecule has 0 N–H and O–H groups in total. The van der Waals surface area contributed by atoms with Gasteiger partial charge >= 0.3 is 11.9 Å². The van der Waals surface area contributed by atoms with E-state index in [-0.39, 0.29) is 26.1 Å². The Balaban J connectivity index is 2.59. The number of esters is 2. The van der Waals surface area contributed by atoms with Crippen LogP contribution in [0.15, 0.2) is 60.7 Å². The molecule has 36 heavy (non-hydrogen) atoms. The molecule has 6 heteroatoms. The van der Waals surface area contributed by atoms with Gasteiger partial charge in [-0.1, -0.05) is 89.8 Å². The summed E-state index contributed by atoms with van der Waals surface area (Å²) >= 11 is 0. The van der Waals surface area contributed by atoms with Crippen molar-refractivity contribution in [3.8, 4) is 11.5 Å². The third kappa shape index (κ3) is 7.25. The molecular formula is C30H42O6. The molecule has 0 saturated carbocycles. The molecule has 0 aromatic heterocycles. The third-order valence-corrected chi connectivity index (χ3v) is 6.34. The van der Waals surface area contributed by atoms with Crippen molar-refractivity contribution >= 4 is 11.9 Å². The highest BCUT2D eigenvalue weighted by atomic mass is 16.6. The van der Waals surface area contributed by atoms with Gasteiger partial charge in [0.05, 0.1) is 13.2 Å². The van der Waals surface area contributed by atoms with Crippen molar-refractivity contribution in [1.29, 1.82) is 0 Å². The highest BCUT2D eigenvalue weighted by Gasteiger charge is 2.66. The number of para-hydroxylation sites is 2. The van der Waals surface area contributed by atoms with Crippen LogP contribution in [-0.4, -0.2) is 36.4 Å². The summed E-state index contributed by atoms with van der Waals surface area (Å²) in [6.45, 7) is 8.26. The van der Waals surface area contributed by atoms with Crippen molar-refractivity contribution in [1.82, 2.24) is 0 Å². The Bertz CT molecular complexity index is 825. The molecule has 0 aliphatic carbocycles. The average molecular weight is 499 g/mol. The standard InChI is InChI=1S/C30H42O6/c1-5-9-17-23-33-27(31)29(7-3,35-25-19-13-11-14-20-25)30(8-4,28(32)34-24-18-10-6-2)36-26-21-15-12-16-22-26/h11-16,19-22H,5-10,17-18,23-24H2,1-4H3. The number of unbranched alkanes of at least 4 members (excludes halogenated alkanes) is 4. The minimum absolute atomic E-state index is 0.138. The maximum absolute atomic E-state index is 13.9. The van der Waals surface area contributed by atoms with Crippen LogP contribution in [0, 0.1) is 0 Å². The summed E-state index contributed by atoms with van der Waals surface area (Å²) in [6.07, 6.45) is 5.60. The van der Waals surface area contributed by atoms with E-state index >= 15 is 0 Å². The summed E-state index contributed by atoms with van der Waals surface area (Å²) in [4.78, 5) is 27.8. The smallest absolute Gasteiger partial charge is 0.355 e. The lowest BCUT2D eigenvalue weighted by Gasteiger charge is -2.45. The van der Waals surface area contributed by atoms with Gasteiger partial charge in [-0.15, -0.1) is 0 Å². The molecule has 0 amide bonds. The van der Waals surface area contributed by atoms with Crippen LogP contribution in [0.2, 0.25) is 0 Å². The molecule has 0 saturated heterocycles. The zero-order valence-corrected chi connectivity index (χ0v) is 22.3. The minimum atomic E-state index is -1.77. The first-order chi connectivity index (χ1) is 17.5. The van der Waals surface area contributed by atoms with Crippen molar-refractivity contribution in [3.05, 3.63) is 60.7 Å².